The van der Waals surface area contributed by atoms with Crippen LogP contribution < -0.4 is 16.0 Å². The Kier molecular flexibility index (Phi) is 2.80. The van der Waals surface area contributed by atoms with Crippen LogP contribution in [0.2, 0.25) is 0 Å². The number of nitrogens with one attached hydrogen (secondary N) is 1. The van der Waals surface area contributed by atoms with Crippen LogP contribution >= 0.6 is 0 Å². The van der Waals surface area contributed by atoms with Gasteiger partial charge in [0.1, 0.15) is 0 Å². The largest absolute Gasteiger partial charge is 0.377 e. The highest BCUT2D eigenvalue weighted by Gasteiger charge is 2.28. The SMILES string of the molecule is CCN1CC(C)(C)Nc2cc(CN)ccc21. The van der Waals surface area contributed by atoms with Crippen LogP contribution in [-0.4, -0.2) is 18.6 Å². The highest BCUT2D eigenvalue weighted by molar-refractivity contribution is 5.74. The number of nitrogens with two attached hydrogens (primary N) is 1. The summed E-state index contributed by atoms with van der Waals surface area (Å²) in [4.78, 5) is 2.41. The van der Waals surface area contributed by atoms with Gasteiger partial charge in [-0.25, -0.2) is 0 Å². The Morgan fingerprint density at radius 2 is 2.19 bits per heavy atom. The molecule has 0 spiro atoms. The van der Waals surface area contributed by atoms with E-state index in [4.69, 9.17) is 5.73 Å². The molecule has 1 aliphatic heterocycles. The van der Waals surface area contributed by atoms with Gasteiger partial charge in [-0.15, -0.1) is 0 Å². The first-order valence-corrected chi connectivity index (χ1v) is 5.92. The third-order valence-corrected chi connectivity index (χ3v) is 3.08. The molecule has 0 bridgehead atoms. The minimum Gasteiger partial charge on any atom is -0.377 e. The lowest BCUT2D eigenvalue weighted by atomic mass is 9.98. The maximum absolute atomic E-state index is 5.68. The number of nitrogens with zero attached hydrogens (tertiary/aromatic N) is 1. The van der Waals surface area contributed by atoms with E-state index in [1.54, 1.807) is 0 Å². The lowest BCUT2D eigenvalue weighted by molar-refractivity contribution is 0.537. The van der Waals surface area contributed by atoms with Crippen LogP contribution in [0.4, 0.5) is 11.4 Å². The van der Waals surface area contributed by atoms with Crippen molar-refractivity contribution in [3.8, 4) is 0 Å². The summed E-state index contributed by atoms with van der Waals surface area (Å²) in [5.41, 5.74) is 9.48. The zero-order chi connectivity index (χ0) is 11.8. The van der Waals surface area contributed by atoms with Gasteiger partial charge in [-0.1, -0.05) is 6.07 Å². The first-order valence-electron chi connectivity index (χ1n) is 5.92. The Balaban J connectivity index is 2.42. The predicted molar refractivity (Wildman–Crippen MR) is 69.9 cm³/mol. The number of fused-ring (bicyclic) bond motifs is 1. The molecule has 3 nitrogen and oxygen atoms in total. The molecule has 0 saturated carbocycles. The standard InChI is InChI=1S/C13H21N3/c1-4-16-9-13(2,3)15-11-7-10(8-14)5-6-12(11)16/h5-7,15H,4,8-9,14H2,1-3H3. The Bertz CT molecular complexity index is 385. The number of hydrogen-bond donors (Lipinski definition) is 2. The van der Waals surface area contributed by atoms with Crippen molar-refractivity contribution in [3.05, 3.63) is 23.8 Å². The molecule has 0 saturated heterocycles. The van der Waals surface area contributed by atoms with E-state index in [2.05, 4.69) is 49.2 Å². The van der Waals surface area contributed by atoms with Crippen LogP contribution in [0.3, 0.4) is 0 Å². The molecule has 0 aromatic heterocycles. The van der Waals surface area contributed by atoms with E-state index in [-0.39, 0.29) is 5.54 Å². The topological polar surface area (TPSA) is 41.3 Å². The van der Waals surface area contributed by atoms with E-state index in [0.29, 0.717) is 6.54 Å². The molecule has 3 heteroatoms. The maximum Gasteiger partial charge on any atom is 0.0603 e. The zero-order valence-electron chi connectivity index (χ0n) is 10.4. The summed E-state index contributed by atoms with van der Waals surface area (Å²) in [7, 11) is 0. The van der Waals surface area contributed by atoms with Gasteiger partial charge in [0, 0.05) is 25.2 Å². The first-order chi connectivity index (χ1) is 7.55. The molecule has 0 atom stereocenters. The molecule has 88 valence electrons. The minimum atomic E-state index is 0.121. The second-order valence-corrected chi connectivity index (χ2v) is 5.08. The average molecular weight is 219 g/mol. The molecule has 0 aliphatic carbocycles. The van der Waals surface area contributed by atoms with Crippen molar-refractivity contribution < 1.29 is 0 Å². The van der Waals surface area contributed by atoms with Gasteiger partial charge in [0.2, 0.25) is 0 Å². The summed E-state index contributed by atoms with van der Waals surface area (Å²) < 4.78 is 0. The number of rotatable bonds is 2. The van der Waals surface area contributed by atoms with E-state index in [1.165, 1.54) is 16.9 Å². The van der Waals surface area contributed by atoms with Crippen LogP contribution in [0.5, 0.6) is 0 Å². The summed E-state index contributed by atoms with van der Waals surface area (Å²) in [6.07, 6.45) is 0. The summed E-state index contributed by atoms with van der Waals surface area (Å²) in [5, 5.41) is 3.58. The number of benzene rings is 1. The molecular weight excluding hydrogens is 198 g/mol. The van der Waals surface area contributed by atoms with Gasteiger partial charge < -0.3 is 16.0 Å². The van der Waals surface area contributed by atoms with E-state index in [9.17, 15) is 0 Å². The minimum absolute atomic E-state index is 0.121. The molecule has 2 rings (SSSR count). The third kappa shape index (κ3) is 2.00. The molecule has 0 amide bonds. The first kappa shape index (κ1) is 11.3. The Hall–Kier alpha value is -1.22. The predicted octanol–water partition coefficient (Wildman–Crippen LogP) is 2.18. The van der Waals surface area contributed by atoms with Crippen molar-refractivity contribution in [1.82, 2.24) is 0 Å². The molecule has 0 radical (unpaired) electrons. The molecule has 1 heterocycles. The molecule has 3 N–H and O–H groups in total. The molecule has 0 unspecified atom stereocenters. The van der Waals surface area contributed by atoms with Gasteiger partial charge in [0.25, 0.3) is 0 Å². The monoisotopic (exact) mass is 219 g/mol. The molecule has 0 fully saturated rings. The molecular formula is C13H21N3. The van der Waals surface area contributed by atoms with Gasteiger partial charge >= 0.3 is 0 Å². The van der Waals surface area contributed by atoms with E-state index in [1.807, 2.05) is 0 Å². The lowest BCUT2D eigenvalue weighted by Crippen LogP contribution is -2.48. The van der Waals surface area contributed by atoms with Crippen molar-refractivity contribution in [2.75, 3.05) is 23.3 Å². The van der Waals surface area contributed by atoms with Crippen molar-refractivity contribution >= 4 is 11.4 Å². The highest BCUT2D eigenvalue weighted by Crippen LogP contribution is 2.34. The maximum atomic E-state index is 5.68. The lowest BCUT2D eigenvalue weighted by Gasteiger charge is -2.41. The third-order valence-electron chi connectivity index (χ3n) is 3.08. The number of likely N-dealkylation sites (N-methyl/N-ethyl adjacent to an activating group) is 1. The summed E-state index contributed by atoms with van der Waals surface area (Å²) in [6, 6.07) is 6.45. The Morgan fingerprint density at radius 3 is 2.81 bits per heavy atom. The Morgan fingerprint density at radius 1 is 1.44 bits per heavy atom. The fourth-order valence-corrected chi connectivity index (χ4v) is 2.33. The molecule has 1 aromatic carbocycles. The van der Waals surface area contributed by atoms with Crippen LogP contribution in [0.15, 0.2) is 18.2 Å². The van der Waals surface area contributed by atoms with Gasteiger partial charge in [-0.05, 0) is 38.5 Å². The van der Waals surface area contributed by atoms with Gasteiger partial charge in [0.05, 0.1) is 11.4 Å². The smallest absolute Gasteiger partial charge is 0.0603 e. The van der Waals surface area contributed by atoms with E-state index < -0.39 is 0 Å². The van der Waals surface area contributed by atoms with Crippen molar-refractivity contribution in [2.45, 2.75) is 32.9 Å². The fourth-order valence-electron chi connectivity index (χ4n) is 2.33. The fraction of sp³-hybridized carbons (Fsp3) is 0.538. The second-order valence-electron chi connectivity index (χ2n) is 5.08. The van der Waals surface area contributed by atoms with Crippen molar-refractivity contribution in [3.63, 3.8) is 0 Å². The zero-order valence-corrected chi connectivity index (χ0v) is 10.4. The van der Waals surface area contributed by atoms with E-state index >= 15 is 0 Å². The normalized spacial score (nSPS) is 17.9. The van der Waals surface area contributed by atoms with Crippen LogP contribution in [0, 0.1) is 0 Å². The molecule has 16 heavy (non-hydrogen) atoms. The van der Waals surface area contributed by atoms with E-state index in [0.717, 1.165) is 13.1 Å². The van der Waals surface area contributed by atoms with Crippen LogP contribution in [0.1, 0.15) is 26.3 Å². The number of hydrogen-bond acceptors (Lipinski definition) is 3. The van der Waals surface area contributed by atoms with Gasteiger partial charge in [-0.3, -0.25) is 0 Å². The van der Waals surface area contributed by atoms with Crippen LogP contribution in [0.25, 0.3) is 0 Å². The second kappa shape index (κ2) is 3.98. The van der Waals surface area contributed by atoms with Gasteiger partial charge in [-0.2, -0.15) is 0 Å². The van der Waals surface area contributed by atoms with Crippen molar-refractivity contribution in [1.29, 1.82) is 0 Å². The Labute approximate surface area is 97.6 Å². The highest BCUT2D eigenvalue weighted by atomic mass is 15.2. The summed E-state index contributed by atoms with van der Waals surface area (Å²) in [5.74, 6) is 0. The quantitative estimate of drug-likeness (QED) is 0.801. The van der Waals surface area contributed by atoms with Crippen molar-refractivity contribution in [2.24, 2.45) is 5.73 Å². The molecule has 1 aromatic rings. The van der Waals surface area contributed by atoms with Crippen LogP contribution in [-0.2, 0) is 6.54 Å². The van der Waals surface area contributed by atoms with Gasteiger partial charge in [0.15, 0.2) is 0 Å². The summed E-state index contributed by atoms with van der Waals surface area (Å²) >= 11 is 0. The summed E-state index contributed by atoms with van der Waals surface area (Å²) in [6.45, 7) is 9.34. The average Bonchev–Trinajstić information content (AvgIpc) is 2.25. The molecule has 1 aliphatic rings. The number of anilines is 2.